The van der Waals surface area contributed by atoms with Gasteiger partial charge in [0, 0.05) is 16.6 Å². The van der Waals surface area contributed by atoms with E-state index in [0.29, 0.717) is 10.8 Å². The summed E-state index contributed by atoms with van der Waals surface area (Å²) < 4.78 is 0. The van der Waals surface area contributed by atoms with Gasteiger partial charge in [0.15, 0.2) is 5.13 Å². The third kappa shape index (κ3) is 2.91. The third-order valence-electron chi connectivity index (χ3n) is 3.05. The molecule has 0 radical (unpaired) electrons. The highest BCUT2D eigenvalue weighted by atomic mass is 32.1. The van der Waals surface area contributed by atoms with Crippen LogP contribution in [0.4, 0.5) is 10.8 Å². The molecule has 3 N–H and O–H groups in total. The minimum absolute atomic E-state index is 0.148. The molecule has 0 amide bonds. The molecule has 110 valence electrons. The number of hydrogen-bond donors (Lipinski definition) is 3. The number of phenols is 1. The first-order valence-corrected chi connectivity index (χ1v) is 7.36. The van der Waals surface area contributed by atoms with Crippen molar-refractivity contribution in [3.05, 3.63) is 59.5 Å². The van der Waals surface area contributed by atoms with E-state index in [1.165, 1.54) is 23.5 Å². The van der Waals surface area contributed by atoms with E-state index >= 15 is 0 Å². The summed E-state index contributed by atoms with van der Waals surface area (Å²) in [6.45, 7) is 0. The quantitative estimate of drug-likeness (QED) is 0.635. The summed E-state index contributed by atoms with van der Waals surface area (Å²) in [7, 11) is 0. The summed E-state index contributed by atoms with van der Waals surface area (Å²) in [5, 5.41) is 24.1. The second-order valence-corrected chi connectivity index (χ2v) is 5.42. The smallest absolute Gasteiger partial charge is 0.339 e. The molecule has 0 bridgehead atoms. The Balaban J connectivity index is 1.84. The van der Waals surface area contributed by atoms with E-state index in [9.17, 15) is 9.90 Å². The van der Waals surface area contributed by atoms with E-state index in [4.69, 9.17) is 5.11 Å². The van der Waals surface area contributed by atoms with Gasteiger partial charge in [0.2, 0.25) is 0 Å². The Kier molecular flexibility index (Phi) is 3.76. The highest BCUT2D eigenvalue weighted by Crippen LogP contribution is 2.28. The molecule has 5 nitrogen and oxygen atoms in total. The predicted octanol–water partition coefficient (Wildman–Crippen LogP) is 3.96. The van der Waals surface area contributed by atoms with Gasteiger partial charge in [-0.05, 0) is 18.2 Å². The van der Waals surface area contributed by atoms with Crippen molar-refractivity contribution in [3.63, 3.8) is 0 Å². The lowest BCUT2D eigenvalue weighted by atomic mass is 10.2. The fourth-order valence-electron chi connectivity index (χ4n) is 1.98. The van der Waals surface area contributed by atoms with E-state index < -0.39 is 5.97 Å². The van der Waals surface area contributed by atoms with Gasteiger partial charge < -0.3 is 15.5 Å². The lowest BCUT2D eigenvalue weighted by Gasteiger charge is -2.05. The average molecular weight is 312 g/mol. The zero-order valence-corrected chi connectivity index (χ0v) is 12.2. The van der Waals surface area contributed by atoms with Crippen LogP contribution in [0.1, 0.15) is 10.4 Å². The van der Waals surface area contributed by atoms with Gasteiger partial charge in [-0.25, -0.2) is 9.78 Å². The van der Waals surface area contributed by atoms with Gasteiger partial charge in [0.05, 0.1) is 5.69 Å². The molecule has 0 atom stereocenters. The number of nitrogens with zero attached hydrogens (tertiary/aromatic N) is 1. The van der Waals surface area contributed by atoms with Crippen LogP contribution in [0.15, 0.2) is 53.9 Å². The molecule has 2 aromatic carbocycles. The SMILES string of the molecule is O=C(O)c1cc(Nc2nc(-c3ccccc3)cs2)ccc1O. The molecule has 0 saturated carbocycles. The van der Waals surface area contributed by atoms with Crippen LogP contribution in [0.5, 0.6) is 5.75 Å². The molecular weight excluding hydrogens is 300 g/mol. The van der Waals surface area contributed by atoms with Crippen molar-refractivity contribution in [3.8, 4) is 17.0 Å². The van der Waals surface area contributed by atoms with Crippen LogP contribution in [0, 0.1) is 0 Å². The predicted molar refractivity (Wildman–Crippen MR) is 85.9 cm³/mol. The number of thiazole rings is 1. The number of carbonyl (C=O) groups is 1. The Labute approximate surface area is 130 Å². The maximum absolute atomic E-state index is 11.0. The lowest BCUT2D eigenvalue weighted by Crippen LogP contribution is -1.98. The average Bonchev–Trinajstić information content (AvgIpc) is 2.98. The van der Waals surface area contributed by atoms with Gasteiger partial charge in [-0.2, -0.15) is 0 Å². The highest BCUT2D eigenvalue weighted by Gasteiger charge is 2.11. The van der Waals surface area contributed by atoms with Crippen LogP contribution < -0.4 is 5.32 Å². The molecule has 0 aliphatic heterocycles. The van der Waals surface area contributed by atoms with Crippen molar-refractivity contribution in [1.29, 1.82) is 0 Å². The van der Waals surface area contributed by atoms with Gasteiger partial charge in [0.1, 0.15) is 11.3 Å². The second kappa shape index (κ2) is 5.87. The number of carboxylic acid groups (broad SMARTS) is 1. The maximum Gasteiger partial charge on any atom is 0.339 e. The highest BCUT2D eigenvalue weighted by molar-refractivity contribution is 7.14. The molecule has 0 fully saturated rings. The Morgan fingerprint density at radius 3 is 2.64 bits per heavy atom. The molecule has 0 aliphatic carbocycles. The number of aromatic nitrogens is 1. The number of aromatic carboxylic acids is 1. The van der Waals surface area contributed by atoms with Crippen molar-refractivity contribution >= 4 is 28.1 Å². The Hall–Kier alpha value is -2.86. The Morgan fingerprint density at radius 1 is 1.14 bits per heavy atom. The van der Waals surface area contributed by atoms with Crippen molar-refractivity contribution in [2.24, 2.45) is 0 Å². The molecule has 3 rings (SSSR count). The second-order valence-electron chi connectivity index (χ2n) is 4.57. The minimum atomic E-state index is -1.18. The number of nitrogens with one attached hydrogen (secondary N) is 1. The molecule has 0 spiro atoms. The van der Waals surface area contributed by atoms with E-state index in [0.717, 1.165) is 11.3 Å². The van der Waals surface area contributed by atoms with Gasteiger partial charge in [-0.3, -0.25) is 0 Å². The number of rotatable bonds is 4. The van der Waals surface area contributed by atoms with E-state index in [1.54, 1.807) is 6.07 Å². The van der Waals surface area contributed by atoms with Crippen LogP contribution in [0.25, 0.3) is 11.3 Å². The molecular formula is C16H12N2O3S. The molecule has 0 saturated heterocycles. The summed E-state index contributed by atoms with van der Waals surface area (Å²) in [6.07, 6.45) is 0. The summed E-state index contributed by atoms with van der Waals surface area (Å²) in [5.74, 6) is -1.44. The van der Waals surface area contributed by atoms with Gasteiger partial charge in [-0.1, -0.05) is 30.3 Å². The first-order valence-electron chi connectivity index (χ1n) is 6.48. The topological polar surface area (TPSA) is 82.5 Å². The number of aromatic hydroxyl groups is 1. The number of hydrogen-bond acceptors (Lipinski definition) is 5. The fourth-order valence-corrected chi connectivity index (χ4v) is 2.72. The molecule has 0 aliphatic rings. The summed E-state index contributed by atoms with van der Waals surface area (Å²) >= 11 is 1.43. The van der Waals surface area contributed by atoms with Gasteiger partial charge >= 0.3 is 5.97 Å². The van der Waals surface area contributed by atoms with Crippen LogP contribution in [0.3, 0.4) is 0 Å². The monoisotopic (exact) mass is 312 g/mol. The zero-order valence-electron chi connectivity index (χ0n) is 11.4. The first-order chi connectivity index (χ1) is 10.6. The Bertz CT molecular complexity index is 815. The fraction of sp³-hybridized carbons (Fsp3) is 0. The zero-order chi connectivity index (χ0) is 15.5. The molecule has 6 heteroatoms. The van der Waals surface area contributed by atoms with Crippen molar-refractivity contribution < 1.29 is 15.0 Å². The van der Waals surface area contributed by atoms with E-state index in [-0.39, 0.29) is 11.3 Å². The number of benzene rings is 2. The minimum Gasteiger partial charge on any atom is -0.507 e. The van der Waals surface area contributed by atoms with Gasteiger partial charge in [-0.15, -0.1) is 11.3 Å². The third-order valence-corrected chi connectivity index (χ3v) is 3.81. The van der Waals surface area contributed by atoms with Crippen molar-refractivity contribution in [2.45, 2.75) is 0 Å². The largest absolute Gasteiger partial charge is 0.507 e. The van der Waals surface area contributed by atoms with Crippen LogP contribution in [0.2, 0.25) is 0 Å². The molecule has 1 heterocycles. The summed E-state index contributed by atoms with van der Waals surface area (Å²) in [5.41, 5.74) is 2.28. The summed E-state index contributed by atoms with van der Waals surface area (Å²) in [6, 6.07) is 14.1. The van der Waals surface area contributed by atoms with E-state index in [2.05, 4.69) is 10.3 Å². The van der Waals surface area contributed by atoms with Crippen molar-refractivity contribution in [1.82, 2.24) is 4.98 Å². The standard InChI is InChI=1S/C16H12N2O3S/c19-14-7-6-11(8-12(14)15(20)21)17-16-18-13(9-22-16)10-4-2-1-3-5-10/h1-9,19H,(H,17,18)(H,20,21). The maximum atomic E-state index is 11.0. The first kappa shape index (κ1) is 14.1. The van der Waals surface area contributed by atoms with E-state index in [1.807, 2.05) is 35.7 Å². The van der Waals surface area contributed by atoms with Crippen LogP contribution in [-0.4, -0.2) is 21.2 Å². The summed E-state index contributed by atoms with van der Waals surface area (Å²) in [4.78, 5) is 15.5. The number of carboxylic acids is 1. The molecule has 1 aromatic heterocycles. The van der Waals surface area contributed by atoms with Crippen LogP contribution >= 0.6 is 11.3 Å². The lowest BCUT2D eigenvalue weighted by molar-refractivity contribution is 0.0694. The molecule has 22 heavy (non-hydrogen) atoms. The normalized spacial score (nSPS) is 10.4. The van der Waals surface area contributed by atoms with Gasteiger partial charge in [0.25, 0.3) is 0 Å². The number of anilines is 2. The molecule has 0 unspecified atom stereocenters. The molecule has 3 aromatic rings. The van der Waals surface area contributed by atoms with Crippen LogP contribution in [-0.2, 0) is 0 Å². The Morgan fingerprint density at radius 2 is 1.91 bits per heavy atom. The van der Waals surface area contributed by atoms with Crippen molar-refractivity contribution in [2.75, 3.05) is 5.32 Å².